The van der Waals surface area contributed by atoms with Crippen LogP contribution in [-0.4, -0.2) is 41.5 Å². The average molecular weight is 346 g/mol. The second-order valence-corrected chi connectivity index (χ2v) is 8.51. The van der Waals surface area contributed by atoms with Crippen LogP contribution < -0.4 is 0 Å². The summed E-state index contributed by atoms with van der Waals surface area (Å²) in [6, 6.07) is 8.08. The Morgan fingerprint density at radius 2 is 2.29 bits per heavy atom. The van der Waals surface area contributed by atoms with Crippen molar-refractivity contribution in [2.24, 2.45) is 0 Å². The number of aromatic nitrogens is 2. The van der Waals surface area contributed by atoms with Gasteiger partial charge in [0.1, 0.15) is 5.82 Å². The van der Waals surface area contributed by atoms with E-state index in [0.717, 1.165) is 29.7 Å². The fraction of sp³-hybridized carbons (Fsp3) is 0.529. The van der Waals surface area contributed by atoms with E-state index in [2.05, 4.69) is 16.0 Å². The first-order chi connectivity index (χ1) is 11.5. The van der Waals surface area contributed by atoms with E-state index in [1.54, 1.807) is 4.31 Å². The number of hydrogen-bond donors (Lipinski definition) is 1. The standard InChI is InChI=1S/C17H22N4O2S/c1-13-6-7-15-16(11-13)20-17(19-15)14-5-4-9-21(12-14)24(22,23)10-3-2-8-18/h6-7,11,14H,2-5,9-10,12H2,1H3,(H,19,20)/t14-/m1/s1. The van der Waals surface area contributed by atoms with Gasteiger partial charge in [-0.1, -0.05) is 6.07 Å². The summed E-state index contributed by atoms with van der Waals surface area (Å²) >= 11 is 0. The number of unbranched alkanes of at least 4 members (excludes halogenated alkanes) is 1. The number of aromatic amines is 1. The molecule has 2 heterocycles. The number of rotatable bonds is 5. The van der Waals surface area contributed by atoms with Gasteiger partial charge >= 0.3 is 0 Å². The van der Waals surface area contributed by atoms with Crippen molar-refractivity contribution < 1.29 is 8.42 Å². The van der Waals surface area contributed by atoms with Gasteiger partial charge in [-0.15, -0.1) is 0 Å². The summed E-state index contributed by atoms with van der Waals surface area (Å²) in [5, 5.41) is 8.58. The molecule has 6 nitrogen and oxygen atoms in total. The number of aryl methyl sites for hydroxylation is 1. The van der Waals surface area contributed by atoms with Crippen LogP contribution in [0.4, 0.5) is 0 Å². The van der Waals surface area contributed by atoms with E-state index in [0.29, 0.717) is 19.5 Å². The highest BCUT2D eigenvalue weighted by Crippen LogP contribution is 2.28. The summed E-state index contributed by atoms with van der Waals surface area (Å²) < 4.78 is 26.4. The number of nitrogens with zero attached hydrogens (tertiary/aromatic N) is 3. The molecule has 0 radical (unpaired) electrons. The zero-order valence-corrected chi connectivity index (χ0v) is 14.6. The molecule has 1 atom stereocenters. The van der Waals surface area contributed by atoms with Gasteiger partial charge in [0.15, 0.2) is 0 Å². The van der Waals surface area contributed by atoms with Gasteiger partial charge in [-0.3, -0.25) is 0 Å². The summed E-state index contributed by atoms with van der Waals surface area (Å²) in [6.07, 6.45) is 2.44. The van der Waals surface area contributed by atoms with Crippen molar-refractivity contribution in [2.75, 3.05) is 18.8 Å². The van der Waals surface area contributed by atoms with E-state index in [-0.39, 0.29) is 18.1 Å². The fourth-order valence-corrected chi connectivity index (χ4v) is 4.80. The van der Waals surface area contributed by atoms with E-state index in [9.17, 15) is 8.42 Å². The van der Waals surface area contributed by atoms with Crippen LogP contribution in [-0.2, 0) is 10.0 Å². The van der Waals surface area contributed by atoms with Gasteiger partial charge in [-0.05, 0) is 43.9 Å². The number of benzene rings is 1. The summed E-state index contributed by atoms with van der Waals surface area (Å²) in [6.45, 7) is 3.06. The number of sulfonamides is 1. The number of fused-ring (bicyclic) bond motifs is 1. The van der Waals surface area contributed by atoms with Gasteiger partial charge in [0.05, 0.1) is 22.9 Å². The van der Waals surface area contributed by atoms with Gasteiger partial charge < -0.3 is 4.98 Å². The highest BCUT2D eigenvalue weighted by Gasteiger charge is 2.30. The summed E-state index contributed by atoms with van der Waals surface area (Å²) in [7, 11) is -3.29. The van der Waals surface area contributed by atoms with Crippen molar-refractivity contribution >= 4 is 21.1 Å². The molecule has 1 N–H and O–H groups in total. The van der Waals surface area contributed by atoms with Crippen molar-refractivity contribution in [1.29, 1.82) is 5.26 Å². The van der Waals surface area contributed by atoms with Crippen LogP contribution >= 0.6 is 0 Å². The van der Waals surface area contributed by atoms with Crippen LogP contribution in [0.25, 0.3) is 11.0 Å². The van der Waals surface area contributed by atoms with Crippen LogP contribution in [0.15, 0.2) is 18.2 Å². The number of nitriles is 1. The molecule has 3 rings (SSSR count). The first-order valence-corrected chi connectivity index (χ1v) is 9.91. The summed E-state index contributed by atoms with van der Waals surface area (Å²) in [5.74, 6) is 1.01. The monoisotopic (exact) mass is 346 g/mol. The third-order valence-corrected chi connectivity index (χ3v) is 6.43. The van der Waals surface area contributed by atoms with Crippen molar-refractivity contribution in [3.63, 3.8) is 0 Å². The van der Waals surface area contributed by atoms with Crippen molar-refractivity contribution in [3.8, 4) is 6.07 Å². The maximum Gasteiger partial charge on any atom is 0.214 e. The third-order valence-electron chi connectivity index (χ3n) is 4.51. The molecule has 0 spiro atoms. The first kappa shape index (κ1) is 16.9. The predicted molar refractivity (Wildman–Crippen MR) is 93.0 cm³/mol. The van der Waals surface area contributed by atoms with Crippen molar-refractivity contribution in [3.05, 3.63) is 29.6 Å². The minimum Gasteiger partial charge on any atom is -0.342 e. The molecule has 0 bridgehead atoms. The highest BCUT2D eigenvalue weighted by molar-refractivity contribution is 7.89. The highest BCUT2D eigenvalue weighted by atomic mass is 32.2. The van der Waals surface area contributed by atoms with E-state index in [1.807, 2.05) is 25.1 Å². The Labute approximate surface area is 142 Å². The fourth-order valence-electron chi connectivity index (χ4n) is 3.22. The van der Waals surface area contributed by atoms with Gasteiger partial charge in [-0.2, -0.15) is 5.26 Å². The molecule has 2 aromatic rings. The first-order valence-electron chi connectivity index (χ1n) is 8.30. The smallest absolute Gasteiger partial charge is 0.214 e. The largest absolute Gasteiger partial charge is 0.342 e. The molecule has 0 amide bonds. The normalized spacial score (nSPS) is 19.4. The Kier molecular flexibility index (Phi) is 4.88. The molecule has 1 fully saturated rings. The quantitative estimate of drug-likeness (QED) is 0.843. The molecule has 1 aromatic heterocycles. The Bertz CT molecular complexity index is 866. The van der Waals surface area contributed by atoms with Gasteiger partial charge in [0.25, 0.3) is 0 Å². The van der Waals surface area contributed by atoms with Crippen LogP contribution in [0.1, 0.15) is 43.0 Å². The summed E-state index contributed by atoms with van der Waals surface area (Å²) in [4.78, 5) is 8.00. The molecule has 0 unspecified atom stereocenters. The molecule has 1 aliphatic rings. The third kappa shape index (κ3) is 3.60. The number of imidazole rings is 1. The Morgan fingerprint density at radius 1 is 1.46 bits per heavy atom. The lowest BCUT2D eigenvalue weighted by atomic mass is 9.99. The number of H-pyrrole nitrogens is 1. The van der Waals surface area contributed by atoms with Gasteiger partial charge in [0.2, 0.25) is 10.0 Å². The topological polar surface area (TPSA) is 89.8 Å². The lowest BCUT2D eigenvalue weighted by Gasteiger charge is -2.30. The Hall–Kier alpha value is -1.91. The Morgan fingerprint density at radius 3 is 3.08 bits per heavy atom. The zero-order chi connectivity index (χ0) is 17.2. The Balaban J connectivity index is 1.76. The molecular weight excluding hydrogens is 324 g/mol. The van der Waals surface area contributed by atoms with E-state index >= 15 is 0 Å². The van der Waals surface area contributed by atoms with Crippen LogP contribution in [0.5, 0.6) is 0 Å². The van der Waals surface area contributed by atoms with Gasteiger partial charge in [0, 0.05) is 25.4 Å². The van der Waals surface area contributed by atoms with E-state index in [4.69, 9.17) is 5.26 Å². The maximum atomic E-state index is 12.4. The number of hydrogen-bond acceptors (Lipinski definition) is 4. The number of piperidine rings is 1. The van der Waals surface area contributed by atoms with Crippen LogP contribution in [0.2, 0.25) is 0 Å². The molecule has 0 saturated carbocycles. The van der Waals surface area contributed by atoms with E-state index in [1.165, 1.54) is 5.56 Å². The summed E-state index contributed by atoms with van der Waals surface area (Å²) in [5.41, 5.74) is 3.09. The average Bonchev–Trinajstić information content (AvgIpc) is 2.98. The molecule has 1 saturated heterocycles. The molecule has 24 heavy (non-hydrogen) atoms. The lowest BCUT2D eigenvalue weighted by Crippen LogP contribution is -2.40. The molecule has 0 aliphatic carbocycles. The van der Waals surface area contributed by atoms with Crippen molar-refractivity contribution in [1.82, 2.24) is 14.3 Å². The van der Waals surface area contributed by atoms with E-state index < -0.39 is 10.0 Å². The molecule has 1 aliphatic heterocycles. The van der Waals surface area contributed by atoms with Crippen LogP contribution in [0, 0.1) is 18.3 Å². The predicted octanol–water partition coefficient (Wildman–Crippen LogP) is 2.68. The minimum atomic E-state index is -3.29. The number of nitrogens with one attached hydrogen (secondary N) is 1. The molecular formula is C17H22N4O2S. The molecule has 128 valence electrons. The second-order valence-electron chi connectivity index (χ2n) is 6.42. The van der Waals surface area contributed by atoms with Crippen LogP contribution in [0.3, 0.4) is 0 Å². The molecule has 7 heteroatoms. The van der Waals surface area contributed by atoms with Crippen molar-refractivity contribution in [2.45, 2.75) is 38.5 Å². The maximum absolute atomic E-state index is 12.4. The molecule has 1 aromatic carbocycles. The zero-order valence-electron chi connectivity index (χ0n) is 13.8. The lowest BCUT2D eigenvalue weighted by molar-refractivity contribution is 0.310. The second kappa shape index (κ2) is 6.91. The van der Waals surface area contributed by atoms with Gasteiger partial charge in [-0.25, -0.2) is 17.7 Å². The minimum absolute atomic E-state index is 0.0482. The SMILES string of the molecule is Cc1ccc2nc([C@@H]3CCCN(S(=O)(=O)CCCC#N)C3)[nH]c2c1.